The second-order valence-corrected chi connectivity index (χ2v) is 6.21. The van der Waals surface area contributed by atoms with Crippen LogP contribution < -0.4 is 15.2 Å². The second kappa shape index (κ2) is 6.74. The third-order valence-electron chi connectivity index (χ3n) is 4.53. The summed E-state index contributed by atoms with van der Waals surface area (Å²) in [5, 5.41) is 0. The van der Waals surface area contributed by atoms with Gasteiger partial charge in [0.1, 0.15) is 0 Å². The zero-order chi connectivity index (χ0) is 17.2. The molecule has 1 fully saturated rings. The molecule has 2 aliphatic rings. The zero-order valence-electron chi connectivity index (χ0n) is 13.9. The topological polar surface area (TPSA) is 74.0 Å². The first-order valence-electron chi connectivity index (χ1n) is 8.33. The van der Waals surface area contributed by atoms with Gasteiger partial charge in [0.25, 0.3) is 0 Å². The van der Waals surface area contributed by atoms with Crippen LogP contribution in [-0.2, 0) is 11.3 Å². The van der Waals surface area contributed by atoms with Crippen molar-refractivity contribution in [1.82, 2.24) is 4.90 Å². The Morgan fingerprint density at radius 1 is 1.08 bits per heavy atom. The molecule has 2 aromatic carbocycles. The lowest BCUT2D eigenvalue weighted by Gasteiger charge is -2.26. The van der Waals surface area contributed by atoms with Gasteiger partial charge >= 0.3 is 0 Å². The molecule has 1 amide bonds. The lowest BCUT2D eigenvalue weighted by molar-refractivity contribution is 0.0342. The maximum Gasteiger partial charge on any atom is 0.248 e. The number of carbonyl (C=O) groups excluding carboxylic acids is 1. The van der Waals surface area contributed by atoms with Gasteiger partial charge in [-0.2, -0.15) is 0 Å². The molecule has 0 aliphatic carbocycles. The standard InChI is InChI=1S/C19H20N2O4/c20-19(22)15-9-16(18-17(10-15)24-12-25-18)14-3-1-13(2-4-14)11-21-5-7-23-8-6-21/h1-4,9-10H,5-8,11-12H2,(H2,20,22). The average Bonchev–Trinajstić information content (AvgIpc) is 3.11. The number of rotatable bonds is 4. The van der Waals surface area contributed by atoms with Gasteiger partial charge in [0.15, 0.2) is 11.5 Å². The predicted molar refractivity (Wildman–Crippen MR) is 92.6 cm³/mol. The first-order valence-corrected chi connectivity index (χ1v) is 8.33. The lowest BCUT2D eigenvalue weighted by Crippen LogP contribution is -2.35. The summed E-state index contributed by atoms with van der Waals surface area (Å²) >= 11 is 0. The summed E-state index contributed by atoms with van der Waals surface area (Å²) in [5.41, 5.74) is 8.88. The van der Waals surface area contributed by atoms with E-state index in [2.05, 4.69) is 17.0 Å². The minimum Gasteiger partial charge on any atom is -0.454 e. The highest BCUT2D eigenvalue weighted by Crippen LogP contribution is 2.42. The van der Waals surface area contributed by atoms with E-state index in [0.29, 0.717) is 17.1 Å². The molecule has 0 atom stereocenters. The largest absolute Gasteiger partial charge is 0.454 e. The number of nitrogens with two attached hydrogens (primary N) is 1. The van der Waals surface area contributed by atoms with Gasteiger partial charge in [0.2, 0.25) is 12.7 Å². The molecule has 0 unspecified atom stereocenters. The van der Waals surface area contributed by atoms with Crippen LogP contribution in [0.3, 0.4) is 0 Å². The number of fused-ring (bicyclic) bond motifs is 1. The molecular weight excluding hydrogens is 320 g/mol. The smallest absolute Gasteiger partial charge is 0.248 e. The van der Waals surface area contributed by atoms with Crippen molar-refractivity contribution in [1.29, 1.82) is 0 Å². The number of morpholine rings is 1. The van der Waals surface area contributed by atoms with Gasteiger partial charge in [-0.3, -0.25) is 9.69 Å². The van der Waals surface area contributed by atoms with Gasteiger partial charge in [-0.05, 0) is 23.3 Å². The van der Waals surface area contributed by atoms with E-state index >= 15 is 0 Å². The molecule has 6 heteroatoms. The van der Waals surface area contributed by atoms with Crippen LogP contribution in [0.25, 0.3) is 11.1 Å². The third-order valence-corrected chi connectivity index (χ3v) is 4.53. The molecule has 130 valence electrons. The summed E-state index contributed by atoms with van der Waals surface area (Å²) in [6, 6.07) is 11.7. The van der Waals surface area contributed by atoms with Gasteiger partial charge in [0, 0.05) is 30.8 Å². The van der Waals surface area contributed by atoms with Crippen LogP contribution >= 0.6 is 0 Å². The van der Waals surface area contributed by atoms with Gasteiger partial charge in [-0.15, -0.1) is 0 Å². The predicted octanol–water partition coefficient (Wildman–Crippen LogP) is 2.01. The molecule has 0 saturated carbocycles. The number of nitrogens with zero attached hydrogens (tertiary/aromatic N) is 1. The van der Waals surface area contributed by atoms with Gasteiger partial charge in [-0.25, -0.2) is 0 Å². The maximum absolute atomic E-state index is 11.6. The van der Waals surface area contributed by atoms with E-state index in [-0.39, 0.29) is 6.79 Å². The van der Waals surface area contributed by atoms with E-state index in [0.717, 1.165) is 44.0 Å². The van der Waals surface area contributed by atoms with Gasteiger partial charge in [0.05, 0.1) is 13.2 Å². The number of hydrogen-bond donors (Lipinski definition) is 1. The van der Waals surface area contributed by atoms with Crippen molar-refractivity contribution in [2.75, 3.05) is 33.1 Å². The molecule has 0 radical (unpaired) electrons. The van der Waals surface area contributed by atoms with E-state index < -0.39 is 5.91 Å². The van der Waals surface area contributed by atoms with E-state index in [4.69, 9.17) is 19.9 Å². The number of amides is 1. The number of benzene rings is 2. The Bertz CT molecular complexity index is 783. The molecule has 0 bridgehead atoms. The number of carbonyl (C=O) groups is 1. The molecular formula is C19H20N2O4. The summed E-state index contributed by atoms with van der Waals surface area (Å²) in [4.78, 5) is 13.9. The van der Waals surface area contributed by atoms with Crippen molar-refractivity contribution in [3.63, 3.8) is 0 Å². The summed E-state index contributed by atoms with van der Waals surface area (Å²) in [6.07, 6.45) is 0. The minimum absolute atomic E-state index is 0.152. The molecule has 2 heterocycles. The molecule has 0 aromatic heterocycles. The molecule has 1 saturated heterocycles. The molecule has 4 rings (SSSR count). The number of ether oxygens (including phenoxy) is 3. The number of primary amides is 1. The van der Waals surface area contributed by atoms with Crippen molar-refractivity contribution in [3.8, 4) is 22.6 Å². The fraction of sp³-hybridized carbons (Fsp3) is 0.316. The normalized spacial score (nSPS) is 16.8. The van der Waals surface area contributed by atoms with E-state index in [1.807, 2.05) is 12.1 Å². The highest BCUT2D eigenvalue weighted by molar-refractivity contribution is 5.96. The Morgan fingerprint density at radius 2 is 1.84 bits per heavy atom. The van der Waals surface area contributed by atoms with Crippen LogP contribution in [0.2, 0.25) is 0 Å². The van der Waals surface area contributed by atoms with Crippen LogP contribution in [0, 0.1) is 0 Å². The average molecular weight is 340 g/mol. The quantitative estimate of drug-likeness (QED) is 0.922. The van der Waals surface area contributed by atoms with Crippen molar-refractivity contribution in [2.45, 2.75) is 6.54 Å². The second-order valence-electron chi connectivity index (χ2n) is 6.21. The Kier molecular flexibility index (Phi) is 4.29. The van der Waals surface area contributed by atoms with Crippen molar-refractivity contribution in [2.24, 2.45) is 5.73 Å². The van der Waals surface area contributed by atoms with Crippen LogP contribution in [0.1, 0.15) is 15.9 Å². The van der Waals surface area contributed by atoms with E-state index in [1.54, 1.807) is 12.1 Å². The monoisotopic (exact) mass is 340 g/mol. The minimum atomic E-state index is -0.483. The molecule has 0 spiro atoms. The Balaban J connectivity index is 1.60. The molecule has 25 heavy (non-hydrogen) atoms. The SMILES string of the molecule is NC(=O)c1cc2c(c(-c3ccc(CN4CCOCC4)cc3)c1)OCO2. The van der Waals surface area contributed by atoms with Crippen molar-refractivity contribution in [3.05, 3.63) is 47.5 Å². The summed E-state index contributed by atoms with van der Waals surface area (Å²) in [5.74, 6) is 0.734. The van der Waals surface area contributed by atoms with Crippen LogP contribution in [0.4, 0.5) is 0 Å². The summed E-state index contributed by atoms with van der Waals surface area (Å²) < 4.78 is 16.4. The Morgan fingerprint density at radius 3 is 2.56 bits per heavy atom. The van der Waals surface area contributed by atoms with E-state index in [1.165, 1.54) is 5.56 Å². The Labute approximate surface area is 146 Å². The van der Waals surface area contributed by atoms with Crippen molar-refractivity contribution < 1.29 is 19.0 Å². The molecule has 6 nitrogen and oxygen atoms in total. The lowest BCUT2D eigenvalue weighted by atomic mass is 9.99. The fourth-order valence-corrected chi connectivity index (χ4v) is 3.17. The highest BCUT2D eigenvalue weighted by atomic mass is 16.7. The molecule has 2 aliphatic heterocycles. The summed E-state index contributed by atoms with van der Waals surface area (Å²) in [6.45, 7) is 4.56. The number of hydrogen-bond acceptors (Lipinski definition) is 5. The van der Waals surface area contributed by atoms with Gasteiger partial charge < -0.3 is 19.9 Å². The zero-order valence-corrected chi connectivity index (χ0v) is 13.9. The van der Waals surface area contributed by atoms with E-state index in [9.17, 15) is 4.79 Å². The van der Waals surface area contributed by atoms with Gasteiger partial charge in [-0.1, -0.05) is 24.3 Å². The van der Waals surface area contributed by atoms with Crippen molar-refractivity contribution >= 4 is 5.91 Å². The first kappa shape index (κ1) is 15.9. The Hall–Kier alpha value is -2.57. The molecule has 2 aromatic rings. The summed E-state index contributed by atoms with van der Waals surface area (Å²) in [7, 11) is 0. The van der Waals surface area contributed by atoms with Crippen LogP contribution in [-0.4, -0.2) is 43.9 Å². The first-order chi connectivity index (χ1) is 12.2. The fourth-order valence-electron chi connectivity index (χ4n) is 3.17. The maximum atomic E-state index is 11.6. The third kappa shape index (κ3) is 3.31. The highest BCUT2D eigenvalue weighted by Gasteiger charge is 2.22. The van der Waals surface area contributed by atoms with Crippen LogP contribution in [0.15, 0.2) is 36.4 Å². The molecule has 2 N–H and O–H groups in total. The van der Waals surface area contributed by atoms with Crippen LogP contribution in [0.5, 0.6) is 11.5 Å².